The maximum Gasteiger partial charge on any atom is 0.130 e. The number of aromatic nitrogens is 5. The van der Waals surface area contributed by atoms with Gasteiger partial charge in [-0.2, -0.15) is 0 Å². The molecule has 0 N–H and O–H groups in total. The SMILES string of the molecule is CC(C)Cc1cscn1.CC(C)c1cncnc1.CC(C)c1ncc(Cl)cn1.CON=CC(C)C. The van der Waals surface area contributed by atoms with Crippen molar-refractivity contribution in [3.05, 3.63) is 64.1 Å². The number of thiazole rings is 1. The summed E-state index contributed by atoms with van der Waals surface area (Å²) in [5.41, 5.74) is 4.31. The normalized spacial score (nSPS) is 10.5. The maximum atomic E-state index is 5.59. The van der Waals surface area contributed by atoms with Crippen molar-refractivity contribution < 1.29 is 4.84 Å². The van der Waals surface area contributed by atoms with Gasteiger partial charge in [0, 0.05) is 42.3 Å². The van der Waals surface area contributed by atoms with Crippen LogP contribution in [0.4, 0.5) is 0 Å². The monoisotopic (exact) mass is 520 g/mol. The summed E-state index contributed by atoms with van der Waals surface area (Å²) in [6.45, 7) is 16.8. The summed E-state index contributed by atoms with van der Waals surface area (Å²) in [6.07, 6.45) is 11.3. The second-order valence-corrected chi connectivity index (χ2v) is 10.2. The van der Waals surface area contributed by atoms with E-state index < -0.39 is 0 Å². The third kappa shape index (κ3) is 18.5. The van der Waals surface area contributed by atoms with Gasteiger partial charge in [-0.05, 0) is 29.7 Å². The van der Waals surface area contributed by atoms with Crippen LogP contribution in [-0.4, -0.2) is 38.2 Å². The van der Waals surface area contributed by atoms with Gasteiger partial charge in [0.05, 0.1) is 16.2 Å². The first kappa shape index (κ1) is 32.5. The van der Waals surface area contributed by atoms with Gasteiger partial charge in [-0.25, -0.2) is 24.9 Å². The van der Waals surface area contributed by atoms with Crippen LogP contribution < -0.4 is 0 Å². The predicted octanol–water partition coefficient (Wildman–Crippen LogP) is 7.47. The minimum atomic E-state index is 0.372. The lowest BCUT2D eigenvalue weighted by molar-refractivity contribution is 0.213. The van der Waals surface area contributed by atoms with Crippen LogP contribution in [-0.2, 0) is 11.3 Å². The fourth-order valence-electron chi connectivity index (χ4n) is 2.17. The van der Waals surface area contributed by atoms with E-state index in [4.69, 9.17) is 11.6 Å². The third-order valence-electron chi connectivity index (χ3n) is 3.97. The predicted molar refractivity (Wildman–Crippen MR) is 148 cm³/mol. The Morgan fingerprint density at radius 3 is 1.86 bits per heavy atom. The smallest absolute Gasteiger partial charge is 0.130 e. The summed E-state index contributed by atoms with van der Waals surface area (Å²) < 4.78 is 0. The molecule has 0 aromatic carbocycles. The van der Waals surface area contributed by atoms with Crippen molar-refractivity contribution in [3.8, 4) is 0 Å². The molecule has 0 saturated carbocycles. The number of nitrogens with zero attached hydrogens (tertiary/aromatic N) is 6. The molecule has 0 amide bonds. The van der Waals surface area contributed by atoms with Gasteiger partial charge >= 0.3 is 0 Å². The standard InChI is InChI=1S/C7H9ClN2.C7H10N2.C7H11NS.C5H11NO/c1-5(2)7-9-3-6(8)4-10-7;1-6(2)7-3-8-5-9-4-7;1-6(2)3-7-4-9-5-8-7;1-5(2)4-6-7-3/h3-5H,1-2H3;3-6H,1-2H3;4-6H,3H2,1-2H3;4-5H,1-3H3. The molecule has 0 aliphatic carbocycles. The molecule has 7 nitrogen and oxygen atoms in total. The van der Waals surface area contributed by atoms with Crippen LogP contribution in [0.25, 0.3) is 0 Å². The van der Waals surface area contributed by atoms with Crippen LogP contribution in [0.3, 0.4) is 0 Å². The van der Waals surface area contributed by atoms with Gasteiger partial charge in [0.15, 0.2) is 0 Å². The van der Waals surface area contributed by atoms with E-state index >= 15 is 0 Å². The minimum absolute atomic E-state index is 0.372. The molecule has 35 heavy (non-hydrogen) atoms. The Bertz CT molecular complexity index is 886. The molecular weight excluding hydrogens is 480 g/mol. The fourth-order valence-corrected chi connectivity index (χ4v) is 2.84. The highest BCUT2D eigenvalue weighted by molar-refractivity contribution is 7.07. The van der Waals surface area contributed by atoms with Crippen LogP contribution in [0, 0.1) is 11.8 Å². The van der Waals surface area contributed by atoms with Gasteiger partial charge in [-0.1, -0.05) is 72.1 Å². The van der Waals surface area contributed by atoms with E-state index in [0.29, 0.717) is 22.8 Å². The fraction of sp³-hybridized carbons (Fsp3) is 0.538. The molecule has 194 valence electrons. The number of rotatable bonds is 6. The molecule has 3 rings (SSSR count). The van der Waals surface area contributed by atoms with E-state index in [2.05, 4.69) is 68.0 Å². The Morgan fingerprint density at radius 2 is 1.51 bits per heavy atom. The van der Waals surface area contributed by atoms with E-state index in [1.807, 2.05) is 45.6 Å². The molecule has 0 aliphatic rings. The molecule has 0 spiro atoms. The van der Waals surface area contributed by atoms with E-state index in [1.54, 1.807) is 43.4 Å². The molecule has 0 radical (unpaired) electrons. The van der Waals surface area contributed by atoms with Crippen LogP contribution in [0.2, 0.25) is 5.02 Å². The van der Waals surface area contributed by atoms with Crippen molar-refractivity contribution in [1.29, 1.82) is 0 Å². The van der Waals surface area contributed by atoms with Crippen molar-refractivity contribution in [3.63, 3.8) is 0 Å². The first-order valence-electron chi connectivity index (χ1n) is 11.7. The van der Waals surface area contributed by atoms with Gasteiger partial charge in [-0.15, -0.1) is 11.3 Å². The molecule has 3 aromatic heterocycles. The number of halogens is 1. The molecule has 0 aliphatic heterocycles. The van der Waals surface area contributed by atoms with E-state index in [1.165, 1.54) is 11.3 Å². The van der Waals surface area contributed by atoms with Crippen molar-refractivity contribution in [1.82, 2.24) is 24.9 Å². The molecule has 3 heterocycles. The first-order valence-corrected chi connectivity index (χ1v) is 13.0. The zero-order chi connectivity index (χ0) is 26.6. The third-order valence-corrected chi connectivity index (χ3v) is 4.80. The van der Waals surface area contributed by atoms with Gasteiger partial charge in [0.2, 0.25) is 0 Å². The summed E-state index contributed by atoms with van der Waals surface area (Å²) in [4.78, 5) is 24.5. The van der Waals surface area contributed by atoms with Crippen molar-refractivity contribution in [2.24, 2.45) is 17.0 Å². The summed E-state index contributed by atoms with van der Waals surface area (Å²) in [6, 6.07) is 0. The quantitative estimate of drug-likeness (QED) is 0.247. The Balaban J connectivity index is 0.000000444. The molecule has 0 atom stereocenters. The van der Waals surface area contributed by atoms with E-state index in [-0.39, 0.29) is 0 Å². The number of oxime groups is 1. The average Bonchev–Trinajstić information content (AvgIpc) is 3.32. The molecule has 0 bridgehead atoms. The van der Waals surface area contributed by atoms with Gasteiger partial charge in [0.25, 0.3) is 0 Å². The molecular formula is C26H41ClN6OS. The van der Waals surface area contributed by atoms with Gasteiger partial charge in [0.1, 0.15) is 19.3 Å². The number of hydrogen-bond donors (Lipinski definition) is 0. The van der Waals surface area contributed by atoms with Crippen LogP contribution in [0.15, 0.2) is 47.2 Å². The Kier molecular flexibility index (Phi) is 18.4. The second-order valence-electron chi connectivity index (χ2n) is 9.00. The molecule has 3 aromatic rings. The van der Waals surface area contributed by atoms with Crippen LogP contribution in [0.5, 0.6) is 0 Å². The minimum Gasteiger partial charge on any atom is -0.399 e. The van der Waals surface area contributed by atoms with Crippen LogP contribution in [0.1, 0.15) is 84.3 Å². The highest BCUT2D eigenvalue weighted by atomic mass is 35.5. The van der Waals surface area contributed by atoms with Crippen LogP contribution >= 0.6 is 22.9 Å². The summed E-state index contributed by atoms with van der Waals surface area (Å²) in [7, 11) is 1.54. The zero-order valence-electron chi connectivity index (χ0n) is 22.5. The molecule has 0 fully saturated rings. The lowest BCUT2D eigenvalue weighted by atomic mass is 10.1. The van der Waals surface area contributed by atoms with Gasteiger partial charge < -0.3 is 4.84 Å². The summed E-state index contributed by atoms with van der Waals surface area (Å²) in [5, 5.41) is 6.24. The number of hydrogen-bond acceptors (Lipinski definition) is 8. The van der Waals surface area contributed by atoms with E-state index in [9.17, 15) is 0 Å². The van der Waals surface area contributed by atoms with Crippen molar-refractivity contribution in [2.45, 2.75) is 73.6 Å². The van der Waals surface area contributed by atoms with Crippen molar-refractivity contribution in [2.75, 3.05) is 7.11 Å². The van der Waals surface area contributed by atoms with Crippen molar-refractivity contribution >= 4 is 29.2 Å². The Morgan fingerprint density at radius 1 is 0.914 bits per heavy atom. The van der Waals surface area contributed by atoms with E-state index in [0.717, 1.165) is 18.2 Å². The highest BCUT2D eigenvalue weighted by Gasteiger charge is 2.00. The zero-order valence-corrected chi connectivity index (χ0v) is 24.1. The summed E-state index contributed by atoms with van der Waals surface area (Å²) in [5.74, 6) is 2.96. The molecule has 0 saturated heterocycles. The second kappa shape index (κ2) is 19.8. The maximum absolute atomic E-state index is 5.59. The summed E-state index contributed by atoms with van der Waals surface area (Å²) >= 11 is 7.26. The lowest BCUT2D eigenvalue weighted by Gasteiger charge is -2.00. The highest BCUT2D eigenvalue weighted by Crippen LogP contribution is 2.10. The topological polar surface area (TPSA) is 86.0 Å². The lowest BCUT2D eigenvalue weighted by Crippen LogP contribution is -1.94. The molecule has 0 unspecified atom stereocenters. The Labute approximate surface area is 220 Å². The first-order chi connectivity index (χ1) is 16.6. The van der Waals surface area contributed by atoms with Gasteiger partial charge in [-0.3, -0.25) is 0 Å². The Hall–Kier alpha value is -2.45. The average molecular weight is 521 g/mol. The molecule has 9 heteroatoms. The largest absolute Gasteiger partial charge is 0.399 e.